The van der Waals surface area contributed by atoms with Crippen molar-refractivity contribution in [1.82, 2.24) is 0 Å². The van der Waals surface area contributed by atoms with Gasteiger partial charge < -0.3 is 12.6 Å². The average Bonchev–Trinajstić information content (AvgIpc) is 2.08. The van der Waals surface area contributed by atoms with E-state index in [2.05, 4.69) is 4.18 Å². The Morgan fingerprint density at radius 1 is 1.17 bits per heavy atom. The van der Waals surface area contributed by atoms with Crippen molar-refractivity contribution in [2.24, 2.45) is 0 Å². The van der Waals surface area contributed by atoms with E-state index in [1.165, 1.54) is 0 Å². The fourth-order valence-electron chi connectivity index (χ4n) is 0.555. The van der Waals surface area contributed by atoms with E-state index in [1.807, 2.05) is 0 Å². The summed E-state index contributed by atoms with van der Waals surface area (Å²) in [5.74, 6) is 0.329. The van der Waals surface area contributed by atoms with Gasteiger partial charge >= 0.3 is 33.1 Å². The summed E-state index contributed by atoms with van der Waals surface area (Å²) in [4.78, 5) is 0. The molecule has 0 amide bonds. The zero-order valence-corrected chi connectivity index (χ0v) is 13.2. The Hall–Kier alpha value is 0.195. The number of rotatable bonds is 2. The van der Waals surface area contributed by atoms with Gasteiger partial charge in [0, 0.05) is 0 Å². The van der Waals surface area contributed by atoms with E-state index in [0.29, 0.717) is 30.6 Å². The molecule has 62 valence electrons. The molecule has 6 heteroatoms. The number of para-hydroxylation sites is 1. The van der Waals surface area contributed by atoms with Gasteiger partial charge in [0.05, 0.1) is 0 Å². The second-order valence-corrected chi connectivity index (χ2v) is 2.18. The molecule has 0 aromatic heterocycles. The number of hydrogen-bond donors (Lipinski definition) is 0. The number of hydrogen-bond acceptors (Lipinski definition) is 4. The molecule has 0 aliphatic heterocycles. The first-order chi connectivity index (χ1) is 5.79. The van der Waals surface area contributed by atoms with Gasteiger partial charge in [-0.1, -0.05) is 18.2 Å². The summed E-state index contributed by atoms with van der Waals surface area (Å²) in [6, 6.07) is 8.30. The van der Waals surface area contributed by atoms with Crippen molar-refractivity contribution in [3.8, 4) is 5.75 Å². The first kappa shape index (κ1) is 12.2. The van der Waals surface area contributed by atoms with Gasteiger partial charge in [-0.2, -0.15) is 0 Å². The van der Waals surface area contributed by atoms with Crippen molar-refractivity contribution in [2.75, 3.05) is 0 Å². The molecule has 1 rings (SSSR count). The van der Waals surface area contributed by atoms with Gasteiger partial charge in [-0.3, -0.25) is 0 Å². The Kier molecular flexibility index (Phi) is 7.95. The predicted molar refractivity (Wildman–Crippen MR) is 41.7 cm³/mol. The van der Waals surface area contributed by atoms with Crippen LogP contribution >= 0.6 is 8.25 Å². The quantitative estimate of drug-likeness (QED) is 0.570. The average molecular weight is 393 g/mol. The zero-order valence-electron chi connectivity index (χ0n) is 6.10. The molecule has 0 saturated heterocycles. The first-order valence-electron chi connectivity index (χ1n) is 2.88. The second-order valence-electron chi connectivity index (χ2n) is 1.60. The molecule has 0 aliphatic rings. The van der Waals surface area contributed by atoms with E-state index >= 15 is 0 Å². The topological polar surface area (TPSA) is 43.4 Å². The molecule has 0 spiro atoms. The molecule has 0 aliphatic carbocycles. The molecule has 0 N–H and O–H groups in total. The van der Waals surface area contributed by atoms with Gasteiger partial charge in [0.1, 0.15) is 16.7 Å². The van der Waals surface area contributed by atoms with Crippen molar-refractivity contribution in [1.29, 1.82) is 0 Å². The van der Waals surface area contributed by atoms with Crippen LogP contribution < -0.4 is 4.18 Å². The minimum atomic E-state index is -2.47. The van der Waals surface area contributed by atoms with Crippen LogP contribution in [0.25, 0.3) is 0 Å². The van der Waals surface area contributed by atoms with Crippen LogP contribution in [-0.2, 0) is 44.3 Å². The van der Waals surface area contributed by atoms with E-state index in [0.717, 1.165) is 0 Å². The molecule has 0 bridgehead atoms. The molecule has 12 heavy (non-hydrogen) atoms. The van der Waals surface area contributed by atoms with Gasteiger partial charge in [0.2, 0.25) is 0 Å². The van der Waals surface area contributed by atoms with Crippen LogP contribution in [0, 0.1) is 0 Å². The van der Waals surface area contributed by atoms with E-state index in [-0.39, 0.29) is 0 Å². The van der Waals surface area contributed by atoms with Crippen molar-refractivity contribution >= 4 is 19.2 Å². The first-order valence-corrected chi connectivity index (χ1v) is 10.7. The third-order valence-electron chi connectivity index (χ3n) is 0.907. The van der Waals surface area contributed by atoms with Crippen LogP contribution in [0.3, 0.4) is 0 Å². The molecule has 0 saturated carbocycles. The van der Waals surface area contributed by atoms with E-state index in [1.54, 1.807) is 30.3 Å². The Morgan fingerprint density at radius 3 is 2.08 bits per heavy atom. The van der Waals surface area contributed by atoms with Crippen LogP contribution in [0.4, 0.5) is 0 Å². The summed E-state index contributed by atoms with van der Waals surface area (Å²) in [6.45, 7) is 0. The van der Waals surface area contributed by atoms with Crippen molar-refractivity contribution in [3.05, 3.63) is 30.3 Å². The van der Waals surface area contributed by atoms with Crippen LogP contribution in [-0.4, -0.2) is 0 Å². The van der Waals surface area contributed by atoms with Crippen molar-refractivity contribution in [2.45, 2.75) is 0 Å². The van der Waals surface area contributed by atoms with Gasteiger partial charge in [-0.25, -0.2) is 0 Å². The summed E-state index contributed by atoms with van der Waals surface area (Å²) in [5.41, 5.74) is 0. The maximum atomic E-state index is 9.95. The molecule has 0 unspecified atom stereocenters. The Morgan fingerprint density at radius 2 is 1.67 bits per heavy atom. The maximum absolute atomic E-state index is 9.95. The fourth-order valence-corrected chi connectivity index (χ4v) is 0.823. The summed E-state index contributed by atoms with van der Waals surface area (Å²) in [7, 11) is 2.37. The molecular weight excluding hydrogens is 388 g/mol. The SMILES string of the molecule is O=[S-](=O)Oc1ccccc1.[Cl][Hg+]. The van der Waals surface area contributed by atoms with E-state index < -0.39 is 11.0 Å². The van der Waals surface area contributed by atoms with Gasteiger partial charge in [-0.05, 0) is 12.1 Å². The van der Waals surface area contributed by atoms with Crippen LogP contribution in [0.15, 0.2) is 30.3 Å². The third kappa shape index (κ3) is 5.80. The number of benzene rings is 1. The molecule has 3 nitrogen and oxygen atoms in total. The normalized spacial score (nSPS) is 8.67. The van der Waals surface area contributed by atoms with E-state index in [9.17, 15) is 8.42 Å². The predicted octanol–water partition coefficient (Wildman–Crippen LogP) is 1.98. The standard InChI is InChI=1S/C6H5O3S.ClH.Hg/c7-10(8)9-6-4-2-1-3-5-6;;/h1-5H;1H;/q-1;;+2/p-1. The monoisotopic (exact) mass is 394 g/mol. The van der Waals surface area contributed by atoms with Crippen LogP contribution in [0.5, 0.6) is 5.75 Å². The minimum absolute atomic E-state index is 0.329. The van der Waals surface area contributed by atoms with Gasteiger partial charge in [-0.15, -0.1) is 0 Å². The zero-order chi connectivity index (χ0) is 9.40. The molecule has 1 aromatic rings. The molecule has 0 radical (unpaired) electrons. The van der Waals surface area contributed by atoms with Crippen LogP contribution in [0.1, 0.15) is 0 Å². The molecule has 1 aromatic carbocycles. The summed E-state index contributed by atoms with van der Waals surface area (Å²) < 4.78 is 24.2. The Labute approximate surface area is 92.3 Å². The summed E-state index contributed by atoms with van der Waals surface area (Å²) in [6.07, 6.45) is 0. The summed E-state index contributed by atoms with van der Waals surface area (Å²) >= 11 is 0.500. The number of halogens is 1. The van der Waals surface area contributed by atoms with Crippen LogP contribution in [0.2, 0.25) is 0 Å². The second kappa shape index (κ2) is 7.82. The summed E-state index contributed by atoms with van der Waals surface area (Å²) in [5, 5.41) is 0. The molecule has 0 heterocycles. The van der Waals surface area contributed by atoms with Crippen molar-refractivity contribution in [3.63, 3.8) is 0 Å². The molecule has 0 atom stereocenters. The molecular formula is C6H5ClHgO3S. The Bertz CT molecular complexity index is 267. The third-order valence-corrected chi connectivity index (χ3v) is 1.24. The fraction of sp³-hybridized carbons (Fsp3) is 0. The van der Waals surface area contributed by atoms with E-state index in [4.69, 9.17) is 8.25 Å². The van der Waals surface area contributed by atoms with Crippen molar-refractivity contribution < 1.29 is 37.5 Å². The molecule has 0 fully saturated rings. The van der Waals surface area contributed by atoms with Gasteiger partial charge in [0.25, 0.3) is 0 Å². The van der Waals surface area contributed by atoms with Gasteiger partial charge in [0.15, 0.2) is 0 Å². The Balaban J connectivity index is 0.000000561.